The summed E-state index contributed by atoms with van der Waals surface area (Å²) in [5.41, 5.74) is 2.37. The topological polar surface area (TPSA) is 59.1 Å². The summed E-state index contributed by atoms with van der Waals surface area (Å²) in [6.07, 6.45) is 0.984. The summed E-state index contributed by atoms with van der Waals surface area (Å²) in [6, 6.07) is 0. The molecule has 0 radical (unpaired) electrons. The van der Waals surface area contributed by atoms with E-state index in [0.717, 1.165) is 37.7 Å². The van der Waals surface area contributed by atoms with Crippen molar-refractivity contribution in [3.8, 4) is 0 Å². The van der Waals surface area contributed by atoms with Crippen LogP contribution in [-0.2, 0) is 17.7 Å². The molecule has 0 saturated heterocycles. The van der Waals surface area contributed by atoms with Gasteiger partial charge in [-0.3, -0.25) is 0 Å². The lowest BCUT2D eigenvalue weighted by Crippen LogP contribution is -2.27. The van der Waals surface area contributed by atoms with Gasteiger partial charge in [-0.1, -0.05) is 0 Å². The number of hydrogen-bond donors (Lipinski definition) is 2. The van der Waals surface area contributed by atoms with E-state index in [1.54, 1.807) is 7.11 Å². The predicted molar refractivity (Wildman–Crippen MR) is 62.5 cm³/mol. The van der Waals surface area contributed by atoms with Crippen molar-refractivity contribution in [1.29, 1.82) is 0 Å². The Bertz CT molecular complexity index is 367. The minimum absolute atomic E-state index is 0.686. The third kappa shape index (κ3) is 2.48. The van der Waals surface area contributed by atoms with Crippen LogP contribution in [0.4, 0.5) is 5.82 Å². The fraction of sp³-hybridized carbons (Fsp3) is 0.636. The normalized spacial score (nSPS) is 14.6. The van der Waals surface area contributed by atoms with Gasteiger partial charge in [0.05, 0.1) is 12.3 Å². The molecule has 0 saturated carbocycles. The van der Waals surface area contributed by atoms with Crippen LogP contribution in [0.2, 0.25) is 0 Å². The molecule has 5 heteroatoms. The highest BCUT2D eigenvalue weighted by atomic mass is 16.5. The summed E-state index contributed by atoms with van der Waals surface area (Å²) < 4.78 is 5.02. The van der Waals surface area contributed by atoms with Gasteiger partial charge in [0.1, 0.15) is 11.6 Å². The standard InChI is InChI=1S/C11H18N4O/c1-8-14-10-3-4-12-7-9(10)11(15-8)13-5-6-16-2/h12H,3-7H2,1-2H3,(H,13,14,15). The molecule has 88 valence electrons. The Balaban J connectivity index is 2.18. The van der Waals surface area contributed by atoms with Crippen LogP contribution in [-0.4, -0.2) is 36.8 Å². The quantitative estimate of drug-likeness (QED) is 0.726. The average molecular weight is 222 g/mol. The second kappa shape index (κ2) is 5.23. The number of rotatable bonds is 4. The van der Waals surface area contributed by atoms with Gasteiger partial charge in [-0.05, 0) is 6.92 Å². The molecular weight excluding hydrogens is 204 g/mol. The molecule has 1 aromatic heterocycles. The third-order valence-corrected chi connectivity index (χ3v) is 2.64. The Labute approximate surface area is 95.6 Å². The molecule has 0 bridgehead atoms. The number of hydrogen-bond acceptors (Lipinski definition) is 5. The highest BCUT2D eigenvalue weighted by Crippen LogP contribution is 2.19. The molecule has 0 fully saturated rings. The Morgan fingerprint density at radius 1 is 1.44 bits per heavy atom. The van der Waals surface area contributed by atoms with Crippen LogP contribution in [0, 0.1) is 6.92 Å². The Hall–Kier alpha value is -1.20. The molecule has 0 amide bonds. The first-order chi connectivity index (χ1) is 7.81. The lowest BCUT2D eigenvalue weighted by atomic mass is 10.1. The van der Waals surface area contributed by atoms with Crippen molar-refractivity contribution in [2.45, 2.75) is 19.9 Å². The summed E-state index contributed by atoms with van der Waals surface area (Å²) in [5.74, 6) is 1.78. The molecule has 0 unspecified atom stereocenters. The van der Waals surface area contributed by atoms with Crippen molar-refractivity contribution in [1.82, 2.24) is 15.3 Å². The fourth-order valence-corrected chi connectivity index (χ4v) is 1.88. The van der Waals surface area contributed by atoms with Gasteiger partial charge in [-0.2, -0.15) is 0 Å². The molecule has 2 N–H and O–H groups in total. The van der Waals surface area contributed by atoms with E-state index >= 15 is 0 Å². The van der Waals surface area contributed by atoms with Gasteiger partial charge in [-0.25, -0.2) is 9.97 Å². The van der Waals surface area contributed by atoms with E-state index in [2.05, 4.69) is 20.6 Å². The molecular formula is C11H18N4O. The number of methoxy groups -OCH3 is 1. The Morgan fingerprint density at radius 3 is 3.12 bits per heavy atom. The Morgan fingerprint density at radius 2 is 2.31 bits per heavy atom. The zero-order valence-electron chi connectivity index (χ0n) is 9.84. The summed E-state index contributed by atoms with van der Waals surface area (Å²) in [5, 5.41) is 6.64. The maximum atomic E-state index is 5.02. The summed E-state index contributed by atoms with van der Waals surface area (Å²) in [6.45, 7) is 5.25. The maximum absolute atomic E-state index is 5.02. The molecule has 5 nitrogen and oxygen atoms in total. The average Bonchev–Trinajstić information content (AvgIpc) is 2.29. The van der Waals surface area contributed by atoms with Crippen LogP contribution >= 0.6 is 0 Å². The molecule has 0 aromatic carbocycles. The third-order valence-electron chi connectivity index (χ3n) is 2.64. The van der Waals surface area contributed by atoms with E-state index in [4.69, 9.17) is 4.74 Å². The fourth-order valence-electron chi connectivity index (χ4n) is 1.88. The van der Waals surface area contributed by atoms with E-state index in [9.17, 15) is 0 Å². The maximum Gasteiger partial charge on any atom is 0.134 e. The first-order valence-electron chi connectivity index (χ1n) is 5.61. The van der Waals surface area contributed by atoms with Crippen LogP contribution in [0.5, 0.6) is 0 Å². The molecule has 2 heterocycles. The summed E-state index contributed by atoms with van der Waals surface area (Å²) in [7, 11) is 1.70. The van der Waals surface area contributed by atoms with Gasteiger partial charge < -0.3 is 15.4 Å². The van der Waals surface area contributed by atoms with Crippen LogP contribution in [0.25, 0.3) is 0 Å². The highest BCUT2D eigenvalue weighted by Gasteiger charge is 2.15. The number of aryl methyl sites for hydroxylation is 1. The first kappa shape index (κ1) is 11.3. The smallest absolute Gasteiger partial charge is 0.134 e. The van der Waals surface area contributed by atoms with Crippen LogP contribution in [0.1, 0.15) is 17.1 Å². The molecule has 0 aliphatic carbocycles. The second-order valence-corrected chi connectivity index (χ2v) is 3.89. The van der Waals surface area contributed by atoms with E-state index in [-0.39, 0.29) is 0 Å². The molecule has 1 aliphatic rings. The van der Waals surface area contributed by atoms with E-state index in [1.165, 1.54) is 11.3 Å². The van der Waals surface area contributed by atoms with E-state index < -0.39 is 0 Å². The van der Waals surface area contributed by atoms with Gasteiger partial charge in [-0.15, -0.1) is 0 Å². The molecule has 1 aliphatic heterocycles. The number of nitrogens with zero attached hydrogens (tertiary/aromatic N) is 2. The van der Waals surface area contributed by atoms with Gasteiger partial charge in [0.15, 0.2) is 0 Å². The summed E-state index contributed by atoms with van der Waals surface area (Å²) in [4.78, 5) is 8.92. The first-order valence-corrected chi connectivity index (χ1v) is 5.61. The van der Waals surface area contributed by atoms with Crippen molar-refractivity contribution in [3.05, 3.63) is 17.1 Å². The minimum atomic E-state index is 0.686. The second-order valence-electron chi connectivity index (χ2n) is 3.89. The van der Waals surface area contributed by atoms with Crippen molar-refractivity contribution < 1.29 is 4.74 Å². The van der Waals surface area contributed by atoms with Crippen molar-refractivity contribution in [3.63, 3.8) is 0 Å². The van der Waals surface area contributed by atoms with E-state index in [0.29, 0.717) is 6.61 Å². The van der Waals surface area contributed by atoms with Crippen LogP contribution < -0.4 is 10.6 Å². The molecule has 0 atom stereocenters. The number of ether oxygens (including phenoxy) is 1. The van der Waals surface area contributed by atoms with Crippen molar-refractivity contribution in [2.24, 2.45) is 0 Å². The van der Waals surface area contributed by atoms with Gasteiger partial charge in [0, 0.05) is 38.7 Å². The van der Waals surface area contributed by atoms with Crippen molar-refractivity contribution >= 4 is 5.82 Å². The van der Waals surface area contributed by atoms with Gasteiger partial charge >= 0.3 is 0 Å². The molecule has 16 heavy (non-hydrogen) atoms. The van der Waals surface area contributed by atoms with Crippen LogP contribution in [0.15, 0.2) is 0 Å². The zero-order valence-corrected chi connectivity index (χ0v) is 9.84. The lowest BCUT2D eigenvalue weighted by Gasteiger charge is -2.20. The Kier molecular flexibility index (Phi) is 3.69. The van der Waals surface area contributed by atoms with E-state index in [1.807, 2.05) is 6.92 Å². The highest BCUT2D eigenvalue weighted by molar-refractivity contribution is 5.47. The lowest BCUT2D eigenvalue weighted by molar-refractivity contribution is 0.210. The zero-order chi connectivity index (χ0) is 11.4. The van der Waals surface area contributed by atoms with Gasteiger partial charge in [0.2, 0.25) is 0 Å². The SMILES string of the molecule is COCCNc1nc(C)nc2c1CNCC2. The van der Waals surface area contributed by atoms with Gasteiger partial charge in [0.25, 0.3) is 0 Å². The number of aromatic nitrogens is 2. The minimum Gasteiger partial charge on any atom is -0.383 e. The number of nitrogens with one attached hydrogen (secondary N) is 2. The summed E-state index contributed by atoms with van der Waals surface area (Å²) >= 11 is 0. The number of anilines is 1. The van der Waals surface area contributed by atoms with Crippen LogP contribution in [0.3, 0.4) is 0 Å². The van der Waals surface area contributed by atoms with Crippen molar-refractivity contribution in [2.75, 3.05) is 32.1 Å². The largest absolute Gasteiger partial charge is 0.383 e. The molecule has 2 rings (SSSR count). The number of fused-ring (bicyclic) bond motifs is 1. The predicted octanol–water partition coefficient (Wildman–Crippen LogP) is 0.489. The molecule has 0 spiro atoms. The monoisotopic (exact) mass is 222 g/mol. The molecule has 1 aromatic rings.